The molecule has 0 spiro atoms. The van der Waals surface area contributed by atoms with E-state index in [0.29, 0.717) is 28.2 Å². The molecule has 0 saturated heterocycles. The van der Waals surface area contributed by atoms with E-state index >= 15 is 0 Å². The van der Waals surface area contributed by atoms with E-state index in [4.69, 9.17) is 16.3 Å². The van der Waals surface area contributed by atoms with E-state index in [1.807, 2.05) is 35.8 Å². The van der Waals surface area contributed by atoms with Gasteiger partial charge in [-0.25, -0.2) is 0 Å². The summed E-state index contributed by atoms with van der Waals surface area (Å²) in [5.41, 5.74) is 1.50. The second kappa shape index (κ2) is 12.2. The minimum absolute atomic E-state index is 0.138. The van der Waals surface area contributed by atoms with Gasteiger partial charge >= 0.3 is 0 Å². The molecular weight excluding hydrogens is 474 g/mol. The molecule has 3 rings (SSSR count). The highest BCUT2D eigenvalue weighted by atomic mass is 35.5. The molecule has 8 nitrogen and oxygen atoms in total. The molecule has 1 aromatic heterocycles. The number of carbonyl (C=O) groups excluding carboxylic acids is 2. The Hall–Kier alpha value is -3.30. The van der Waals surface area contributed by atoms with Crippen LogP contribution in [-0.2, 0) is 22.6 Å². The number of thioether (sulfide) groups is 1. The molecule has 2 aromatic carbocycles. The van der Waals surface area contributed by atoms with Gasteiger partial charge in [-0.05, 0) is 42.8 Å². The second-order valence-electron chi connectivity index (χ2n) is 7.40. The zero-order valence-corrected chi connectivity index (χ0v) is 20.5. The SMILES string of the molecule is C=CCn1c(SCC(=O)Nc2cccc(Cl)c2)nnc1[C@H](C)NC(=O)Cc1ccc(OC)cc1. The molecule has 0 aliphatic carbocycles. The number of anilines is 1. The number of halogens is 1. The van der Waals surface area contributed by atoms with Gasteiger partial charge < -0.3 is 19.9 Å². The van der Waals surface area contributed by atoms with Crippen molar-refractivity contribution in [2.75, 3.05) is 18.2 Å². The molecule has 0 bridgehead atoms. The molecule has 0 saturated carbocycles. The lowest BCUT2D eigenvalue weighted by atomic mass is 10.1. The number of hydrogen-bond donors (Lipinski definition) is 2. The predicted molar refractivity (Wildman–Crippen MR) is 134 cm³/mol. The quantitative estimate of drug-likeness (QED) is 0.302. The van der Waals surface area contributed by atoms with Crippen LogP contribution in [0, 0.1) is 0 Å². The topological polar surface area (TPSA) is 98.1 Å². The molecule has 0 aliphatic heterocycles. The molecule has 0 fully saturated rings. The fourth-order valence-electron chi connectivity index (χ4n) is 3.21. The van der Waals surface area contributed by atoms with Crippen LogP contribution in [0.4, 0.5) is 5.69 Å². The van der Waals surface area contributed by atoms with Crippen LogP contribution < -0.4 is 15.4 Å². The van der Waals surface area contributed by atoms with Gasteiger partial charge in [0.15, 0.2) is 11.0 Å². The summed E-state index contributed by atoms with van der Waals surface area (Å²) in [5, 5.41) is 15.3. The summed E-state index contributed by atoms with van der Waals surface area (Å²) in [6.45, 7) is 6.08. The highest BCUT2D eigenvalue weighted by Crippen LogP contribution is 2.22. The Morgan fingerprint density at radius 3 is 2.65 bits per heavy atom. The molecule has 0 unspecified atom stereocenters. The molecule has 2 amide bonds. The van der Waals surface area contributed by atoms with Gasteiger partial charge in [-0.1, -0.05) is 47.6 Å². The Morgan fingerprint density at radius 2 is 1.97 bits per heavy atom. The van der Waals surface area contributed by atoms with E-state index in [1.165, 1.54) is 11.8 Å². The summed E-state index contributed by atoms with van der Waals surface area (Å²) >= 11 is 7.21. The molecule has 34 heavy (non-hydrogen) atoms. The Bertz CT molecular complexity index is 1150. The normalized spacial score (nSPS) is 11.5. The van der Waals surface area contributed by atoms with Gasteiger partial charge in [-0.2, -0.15) is 0 Å². The van der Waals surface area contributed by atoms with Crippen molar-refractivity contribution in [1.82, 2.24) is 20.1 Å². The van der Waals surface area contributed by atoms with Crippen molar-refractivity contribution in [3.05, 3.63) is 77.6 Å². The average molecular weight is 500 g/mol. The van der Waals surface area contributed by atoms with Crippen molar-refractivity contribution in [3.8, 4) is 5.75 Å². The van der Waals surface area contributed by atoms with Gasteiger partial charge in [0, 0.05) is 17.3 Å². The number of nitrogens with zero attached hydrogens (tertiary/aromatic N) is 3. The summed E-state index contributed by atoms with van der Waals surface area (Å²) in [4.78, 5) is 24.9. The lowest BCUT2D eigenvalue weighted by Crippen LogP contribution is -2.30. The molecule has 0 radical (unpaired) electrons. The van der Waals surface area contributed by atoms with Crippen LogP contribution in [0.25, 0.3) is 0 Å². The number of amides is 2. The lowest BCUT2D eigenvalue weighted by molar-refractivity contribution is -0.121. The summed E-state index contributed by atoms with van der Waals surface area (Å²) in [7, 11) is 1.60. The molecular formula is C24H26ClN5O3S. The monoisotopic (exact) mass is 499 g/mol. The number of rotatable bonds is 11. The third kappa shape index (κ3) is 7.10. The number of methoxy groups -OCH3 is 1. The van der Waals surface area contributed by atoms with E-state index in [1.54, 1.807) is 37.5 Å². The molecule has 2 N–H and O–H groups in total. The van der Waals surface area contributed by atoms with Gasteiger partial charge in [-0.3, -0.25) is 9.59 Å². The highest BCUT2D eigenvalue weighted by Gasteiger charge is 2.20. The standard InChI is InChI=1S/C24H26ClN5O3S/c1-4-12-30-23(16(2)26-21(31)13-17-8-10-20(33-3)11-9-17)28-29-24(30)34-15-22(32)27-19-7-5-6-18(25)14-19/h4-11,14,16H,1,12-13,15H2,2-3H3,(H,26,31)(H,27,32)/t16-/m0/s1. The first-order valence-corrected chi connectivity index (χ1v) is 11.9. The number of carbonyl (C=O) groups is 2. The number of hydrogen-bond acceptors (Lipinski definition) is 6. The number of ether oxygens (including phenoxy) is 1. The Balaban J connectivity index is 1.60. The van der Waals surface area contributed by atoms with Crippen LogP contribution in [0.1, 0.15) is 24.4 Å². The maximum atomic E-state index is 12.6. The third-order valence-electron chi connectivity index (χ3n) is 4.79. The summed E-state index contributed by atoms with van der Waals surface area (Å²) in [6.07, 6.45) is 1.95. The van der Waals surface area contributed by atoms with Crippen molar-refractivity contribution >= 4 is 40.9 Å². The molecule has 178 valence electrons. The van der Waals surface area contributed by atoms with Crippen LogP contribution in [0.5, 0.6) is 5.75 Å². The van der Waals surface area contributed by atoms with Crippen LogP contribution in [-0.4, -0.2) is 39.4 Å². The fourth-order valence-corrected chi connectivity index (χ4v) is 4.15. The van der Waals surface area contributed by atoms with Crippen LogP contribution >= 0.6 is 23.4 Å². The summed E-state index contributed by atoms with van der Waals surface area (Å²) in [5.74, 6) is 1.13. The van der Waals surface area contributed by atoms with E-state index in [9.17, 15) is 9.59 Å². The van der Waals surface area contributed by atoms with E-state index in [0.717, 1.165) is 11.3 Å². The van der Waals surface area contributed by atoms with Crippen LogP contribution in [0.15, 0.2) is 66.3 Å². The Kier molecular flexibility index (Phi) is 9.12. The van der Waals surface area contributed by atoms with Crippen molar-refractivity contribution in [3.63, 3.8) is 0 Å². The van der Waals surface area contributed by atoms with Gasteiger partial charge in [0.05, 0.1) is 25.3 Å². The minimum Gasteiger partial charge on any atom is -0.497 e. The lowest BCUT2D eigenvalue weighted by Gasteiger charge is -2.15. The smallest absolute Gasteiger partial charge is 0.234 e. The van der Waals surface area contributed by atoms with Crippen molar-refractivity contribution in [1.29, 1.82) is 0 Å². The number of aromatic nitrogens is 3. The Morgan fingerprint density at radius 1 is 1.21 bits per heavy atom. The summed E-state index contributed by atoms with van der Waals surface area (Å²) in [6, 6.07) is 13.9. The maximum absolute atomic E-state index is 12.6. The number of allylic oxidation sites excluding steroid dienone is 1. The van der Waals surface area contributed by atoms with Gasteiger partial charge in [0.2, 0.25) is 11.8 Å². The van der Waals surface area contributed by atoms with E-state index in [-0.39, 0.29) is 30.0 Å². The van der Waals surface area contributed by atoms with Gasteiger partial charge in [0.1, 0.15) is 5.75 Å². The van der Waals surface area contributed by atoms with Crippen molar-refractivity contribution < 1.29 is 14.3 Å². The molecule has 3 aromatic rings. The molecule has 0 aliphatic rings. The fraction of sp³-hybridized carbons (Fsp3) is 0.250. The Labute approximate surface area is 207 Å². The van der Waals surface area contributed by atoms with Crippen molar-refractivity contribution in [2.45, 2.75) is 31.1 Å². The van der Waals surface area contributed by atoms with Crippen molar-refractivity contribution in [2.24, 2.45) is 0 Å². The number of nitrogens with one attached hydrogen (secondary N) is 2. The molecule has 1 atom stereocenters. The van der Waals surface area contributed by atoms with Crippen LogP contribution in [0.3, 0.4) is 0 Å². The largest absolute Gasteiger partial charge is 0.497 e. The first-order valence-electron chi connectivity index (χ1n) is 10.5. The van der Waals surface area contributed by atoms with E-state index in [2.05, 4.69) is 27.4 Å². The summed E-state index contributed by atoms with van der Waals surface area (Å²) < 4.78 is 6.98. The van der Waals surface area contributed by atoms with E-state index < -0.39 is 0 Å². The first kappa shape index (κ1) is 25.3. The third-order valence-corrected chi connectivity index (χ3v) is 5.99. The maximum Gasteiger partial charge on any atom is 0.234 e. The van der Waals surface area contributed by atoms with Crippen LogP contribution in [0.2, 0.25) is 5.02 Å². The zero-order chi connectivity index (χ0) is 24.5. The highest BCUT2D eigenvalue weighted by molar-refractivity contribution is 7.99. The van der Waals surface area contributed by atoms with Gasteiger partial charge in [-0.15, -0.1) is 16.8 Å². The second-order valence-corrected chi connectivity index (χ2v) is 8.78. The zero-order valence-electron chi connectivity index (χ0n) is 19.0. The number of benzene rings is 2. The van der Waals surface area contributed by atoms with Gasteiger partial charge in [0.25, 0.3) is 0 Å². The minimum atomic E-state index is -0.382. The molecule has 10 heteroatoms. The predicted octanol–water partition coefficient (Wildman–Crippen LogP) is 4.28. The average Bonchev–Trinajstić information content (AvgIpc) is 3.21. The first-order chi connectivity index (χ1) is 16.4. The molecule has 1 heterocycles.